The van der Waals surface area contributed by atoms with Gasteiger partial charge in [0.2, 0.25) is 0 Å². The van der Waals surface area contributed by atoms with Crippen molar-refractivity contribution in [3.05, 3.63) is 12.2 Å². The molecule has 0 rings (SSSR count). The van der Waals surface area contributed by atoms with Crippen LogP contribution in [-0.4, -0.2) is 37.2 Å². The van der Waals surface area contributed by atoms with Crippen molar-refractivity contribution >= 4 is 17.9 Å². The lowest BCUT2D eigenvalue weighted by Gasteiger charge is -2.18. The lowest BCUT2D eigenvalue weighted by molar-refractivity contribution is -0.167. The number of hydrogen-bond donors (Lipinski definition) is 0. The summed E-state index contributed by atoms with van der Waals surface area (Å²) in [4.78, 5) is 38.3. The van der Waals surface area contributed by atoms with Crippen LogP contribution in [-0.2, 0) is 28.6 Å². The third kappa shape index (κ3) is 64.9. The van der Waals surface area contributed by atoms with E-state index in [0.29, 0.717) is 19.3 Å². The highest BCUT2D eigenvalue weighted by atomic mass is 16.6. The minimum absolute atomic E-state index is 0.0651. The molecule has 0 N–H and O–H groups in total. The SMILES string of the molecule is CCCCCCCCC/C=C\CCCCCCCCCC(=O)OC(COC(=O)CCCCCCCCCCCCCC)COC(=O)CCCCCCCCCCCCCCCCCCCCCCCCCCCCCCC. The molecule has 0 saturated heterocycles. The summed E-state index contributed by atoms with van der Waals surface area (Å²) < 4.78 is 17.0. The summed E-state index contributed by atoms with van der Waals surface area (Å²) in [6.45, 7) is 6.71. The van der Waals surface area contributed by atoms with Crippen LogP contribution >= 0.6 is 0 Å². The summed E-state index contributed by atoms with van der Waals surface area (Å²) in [5.41, 5.74) is 0. The van der Waals surface area contributed by atoms with Crippen LogP contribution in [0.5, 0.6) is 0 Å². The van der Waals surface area contributed by atoms with Gasteiger partial charge in [-0.2, -0.15) is 0 Å². The zero-order chi connectivity index (χ0) is 55.7. The number of hydrogen-bond acceptors (Lipinski definition) is 6. The van der Waals surface area contributed by atoms with Crippen LogP contribution in [0, 0.1) is 0 Å². The maximum Gasteiger partial charge on any atom is 0.306 e. The fourth-order valence-electron chi connectivity index (χ4n) is 11.0. The molecule has 0 aliphatic carbocycles. The van der Waals surface area contributed by atoms with E-state index in [9.17, 15) is 14.4 Å². The Kier molecular flexibility index (Phi) is 65.1. The largest absolute Gasteiger partial charge is 0.462 e. The Bertz CT molecular complexity index is 1200. The average molecular weight is 1090 g/mol. The molecular formula is C71H136O6. The summed E-state index contributed by atoms with van der Waals surface area (Å²) in [6, 6.07) is 0. The lowest BCUT2D eigenvalue weighted by atomic mass is 10.0. The first-order valence-corrected chi connectivity index (χ1v) is 35.2. The smallest absolute Gasteiger partial charge is 0.306 e. The zero-order valence-electron chi connectivity index (χ0n) is 52.5. The first-order valence-electron chi connectivity index (χ1n) is 35.2. The number of unbranched alkanes of at least 4 members (excludes halogenated alkanes) is 53. The number of rotatable bonds is 66. The fourth-order valence-corrected chi connectivity index (χ4v) is 11.0. The molecular weight excluding hydrogens is 949 g/mol. The van der Waals surface area contributed by atoms with Crippen LogP contribution in [0.25, 0.3) is 0 Å². The minimum atomic E-state index is -0.768. The molecule has 0 radical (unpaired) electrons. The van der Waals surface area contributed by atoms with Crippen LogP contribution in [0.15, 0.2) is 12.2 Å². The van der Waals surface area contributed by atoms with Gasteiger partial charge >= 0.3 is 17.9 Å². The number of carbonyl (C=O) groups excluding carboxylic acids is 3. The van der Waals surface area contributed by atoms with Crippen molar-refractivity contribution in [3.63, 3.8) is 0 Å². The Morgan fingerprint density at radius 1 is 0.247 bits per heavy atom. The third-order valence-corrected chi connectivity index (χ3v) is 16.3. The molecule has 0 aromatic rings. The molecule has 77 heavy (non-hydrogen) atoms. The van der Waals surface area contributed by atoms with E-state index in [2.05, 4.69) is 32.9 Å². The van der Waals surface area contributed by atoms with Gasteiger partial charge < -0.3 is 14.2 Å². The molecule has 0 aromatic carbocycles. The van der Waals surface area contributed by atoms with E-state index in [-0.39, 0.29) is 31.1 Å². The highest BCUT2D eigenvalue weighted by Gasteiger charge is 2.19. The van der Waals surface area contributed by atoms with E-state index in [0.717, 1.165) is 57.8 Å². The maximum atomic E-state index is 12.9. The van der Waals surface area contributed by atoms with Crippen molar-refractivity contribution in [2.45, 2.75) is 412 Å². The van der Waals surface area contributed by atoms with Gasteiger partial charge in [-0.3, -0.25) is 14.4 Å². The van der Waals surface area contributed by atoms with Crippen LogP contribution in [0.4, 0.5) is 0 Å². The molecule has 456 valence electrons. The Morgan fingerprint density at radius 3 is 0.649 bits per heavy atom. The molecule has 0 saturated carbocycles. The average Bonchev–Trinajstić information content (AvgIpc) is 3.43. The molecule has 0 aromatic heterocycles. The van der Waals surface area contributed by atoms with Crippen molar-refractivity contribution < 1.29 is 28.6 Å². The molecule has 0 amide bonds. The van der Waals surface area contributed by atoms with E-state index < -0.39 is 6.10 Å². The summed E-state index contributed by atoms with van der Waals surface area (Å²) in [5, 5.41) is 0. The first-order chi connectivity index (χ1) is 38.0. The minimum Gasteiger partial charge on any atom is -0.462 e. The van der Waals surface area contributed by atoms with Crippen molar-refractivity contribution in [1.29, 1.82) is 0 Å². The Hall–Kier alpha value is -1.85. The van der Waals surface area contributed by atoms with Gasteiger partial charge in [0.1, 0.15) is 13.2 Å². The predicted octanol–water partition coefficient (Wildman–Crippen LogP) is 24.0. The van der Waals surface area contributed by atoms with Crippen LogP contribution in [0.2, 0.25) is 0 Å². The zero-order valence-corrected chi connectivity index (χ0v) is 52.5. The van der Waals surface area contributed by atoms with Gasteiger partial charge in [0, 0.05) is 19.3 Å². The van der Waals surface area contributed by atoms with Gasteiger partial charge in [-0.15, -0.1) is 0 Å². The molecule has 6 nitrogen and oxygen atoms in total. The fraction of sp³-hybridized carbons (Fsp3) is 0.930. The van der Waals surface area contributed by atoms with Gasteiger partial charge in [-0.25, -0.2) is 0 Å². The monoisotopic (exact) mass is 1090 g/mol. The van der Waals surface area contributed by atoms with Crippen LogP contribution in [0.1, 0.15) is 406 Å². The molecule has 0 heterocycles. The lowest BCUT2D eigenvalue weighted by Crippen LogP contribution is -2.30. The second kappa shape index (κ2) is 66.7. The van der Waals surface area contributed by atoms with E-state index in [1.54, 1.807) is 0 Å². The van der Waals surface area contributed by atoms with Gasteiger partial charge in [-0.05, 0) is 44.9 Å². The second-order valence-corrected chi connectivity index (χ2v) is 24.2. The molecule has 1 unspecified atom stereocenters. The first kappa shape index (κ1) is 75.2. The number of ether oxygens (including phenoxy) is 3. The number of carbonyl (C=O) groups is 3. The van der Waals surface area contributed by atoms with Crippen molar-refractivity contribution in [2.75, 3.05) is 13.2 Å². The van der Waals surface area contributed by atoms with Crippen molar-refractivity contribution in [3.8, 4) is 0 Å². The molecule has 0 fully saturated rings. The second-order valence-electron chi connectivity index (χ2n) is 24.2. The van der Waals surface area contributed by atoms with E-state index >= 15 is 0 Å². The molecule has 0 aliphatic rings. The topological polar surface area (TPSA) is 78.9 Å². The van der Waals surface area contributed by atoms with Crippen LogP contribution in [0.3, 0.4) is 0 Å². The highest BCUT2D eigenvalue weighted by Crippen LogP contribution is 2.19. The Morgan fingerprint density at radius 2 is 0.429 bits per heavy atom. The van der Waals surface area contributed by atoms with Crippen molar-refractivity contribution in [2.24, 2.45) is 0 Å². The Balaban J connectivity index is 4.13. The summed E-state index contributed by atoms with van der Waals surface area (Å²) in [7, 11) is 0. The summed E-state index contributed by atoms with van der Waals surface area (Å²) in [5.74, 6) is -0.837. The molecule has 0 bridgehead atoms. The van der Waals surface area contributed by atoms with E-state index in [1.807, 2.05) is 0 Å². The summed E-state index contributed by atoms with van der Waals surface area (Å²) in [6.07, 6.45) is 79.7. The number of esters is 3. The molecule has 0 spiro atoms. The quantitative estimate of drug-likeness (QED) is 0.0261. The van der Waals surface area contributed by atoms with Gasteiger partial charge in [0.25, 0.3) is 0 Å². The van der Waals surface area contributed by atoms with Gasteiger partial charge in [-0.1, -0.05) is 354 Å². The predicted molar refractivity (Wildman–Crippen MR) is 335 cm³/mol. The molecule has 6 heteroatoms. The van der Waals surface area contributed by atoms with E-state index in [4.69, 9.17) is 14.2 Å². The molecule has 0 aliphatic heterocycles. The highest BCUT2D eigenvalue weighted by molar-refractivity contribution is 5.71. The van der Waals surface area contributed by atoms with Crippen LogP contribution < -0.4 is 0 Å². The summed E-state index contributed by atoms with van der Waals surface area (Å²) >= 11 is 0. The van der Waals surface area contributed by atoms with Crippen molar-refractivity contribution in [1.82, 2.24) is 0 Å². The van der Waals surface area contributed by atoms with E-state index in [1.165, 1.54) is 308 Å². The standard InChI is InChI=1S/C71H136O6/c1-4-7-10-13-16-19-22-25-27-29-31-32-33-34-35-36-37-38-39-40-41-43-44-46-49-52-55-58-61-64-70(73)76-67-68(66-75-69(72)63-60-57-54-51-48-24-21-18-15-12-9-6-3)77-71(74)65-62-59-56-53-50-47-45-42-30-28-26-23-20-17-14-11-8-5-2/h28,30,68H,4-27,29,31-67H2,1-3H3/b30-28-. The third-order valence-electron chi connectivity index (χ3n) is 16.3. The molecule has 1 atom stereocenters. The number of allylic oxidation sites excluding steroid dienone is 2. The maximum absolute atomic E-state index is 12.9. The Labute approximate surface area is 481 Å². The normalized spacial score (nSPS) is 12.0. The van der Waals surface area contributed by atoms with Gasteiger partial charge in [0.05, 0.1) is 0 Å². The van der Waals surface area contributed by atoms with Gasteiger partial charge in [0.15, 0.2) is 6.10 Å².